The monoisotopic (exact) mass is 323 g/mol. The number of ether oxygens (including phenoxy) is 1. The third-order valence-corrected chi connectivity index (χ3v) is 3.24. The van der Waals surface area contributed by atoms with Gasteiger partial charge in [-0.1, -0.05) is 6.07 Å². The maximum atomic E-state index is 12.1. The smallest absolute Gasteiger partial charge is 0.267 e. The van der Waals surface area contributed by atoms with E-state index >= 15 is 0 Å². The van der Waals surface area contributed by atoms with Crippen LogP contribution in [0.4, 0.5) is 11.4 Å². The van der Waals surface area contributed by atoms with Crippen LogP contribution in [0.3, 0.4) is 0 Å². The lowest BCUT2D eigenvalue weighted by Gasteiger charge is -2.07. The van der Waals surface area contributed by atoms with Crippen molar-refractivity contribution in [3.05, 3.63) is 59.8 Å². The minimum atomic E-state index is -0.553. The van der Waals surface area contributed by atoms with Crippen molar-refractivity contribution in [1.82, 2.24) is 0 Å². The van der Waals surface area contributed by atoms with E-state index in [2.05, 4.69) is 10.6 Å². The second kappa shape index (κ2) is 7.70. The molecule has 0 radical (unpaired) electrons. The van der Waals surface area contributed by atoms with Gasteiger partial charge in [0, 0.05) is 11.9 Å². The molecule has 0 saturated heterocycles. The average molecular weight is 323 g/mol. The quantitative estimate of drug-likeness (QED) is 0.446. The third-order valence-electron chi connectivity index (χ3n) is 3.24. The topological polar surface area (TPSA) is 94.4 Å². The molecule has 0 aliphatic heterocycles. The van der Waals surface area contributed by atoms with E-state index in [0.717, 1.165) is 5.56 Å². The van der Waals surface area contributed by atoms with Crippen LogP contribution in [0.15, 0.2) is 54.2 Å². The van der Waals surface area contributed by atoms with Gasteiger partial charge in [-0.25, -0.2) is 0 Å². The van der Waals surface area contributed by atoms with E-state index in [-0.39, 0.29) is 11.3 Å². The summed E-state index contributed by atoms with van der Waals surface area (Å²) in [7, 11) is 1.55. The number of nitrogens with one attached hydrogen (secondary N) is 2. The van der Waals surface area contributed by atoms with Gasteiger partial charge >= 0.3 is 0 Å². The Bertz CT molecular complexity index is 805. The highest BCUT2D eigenvalue weighted by atomic mass is 16.5. The van der Waals surface area contributed by atoms with Crippen molar-refractivity contribution in [1.29, 1.82) is 5.26 Å². The summed E-state index contributed by atoms with van der Waals surface area (Å²) in [4.78, 5) is 12.1. The van der Waals surface area contributed by atoms with Gasteiger partial charge in [0.25, 0.3) is 5.91 Å². The summed E-state index contributed by atoms with van der Waals surface area (Å²) in [5, 5.41) is 24.3. The van der Waals surface area contributed by atoms with E-state index < -0.39 is 5.91 Å². The molecular weight excluding hydrogens is 306 g/mol. The van der Waals surface area contributed by atoms with E-state index in [1.54, 1.807) is 43.5 Å². The Balaban J connectivity index is 2.10. The van der Waals surface area contributed by atoms with Gasteiger partial charge in [-0.05, 0) is 48.9 Å². The molecule has 2 aromatic carbocycles. The highest BCUT2D eigenvalue weighted by Gasteiger charge is 2.10. The second-order valence-corrected chi connectivity index (χ2v) is 5.02. The molecule has 0 bridgehead atoms. The number of amides is 1. The fraction of sp³-hybridized carbons (Fsp3) is 0.111. The van der Waals surface area contributed by atoms with Gasteiger partial charge < -0.3 is 20.5 Å². The minimum absolute atomic E-state index is 0.0321. The summed E-state index contributed by atoms with van der Waals surface area (Å²) in [6.07, 6.45) is 1.26. The fourth-order valence-electron chi connectivity index (χ4n) is 1.94. The van der Waals surface area contributed by atoms with E-state index in [4.69, 9.17) is 10.00 Å². The first-order valence-electron chi connectivity index (χ1n) is 7.15. The summed E-state index contributed by atoms with van der Waals surface area (Å²) in [6, 6.07) is 13.6. The van der Waals surface area contributed by atoms with Gasteiger partial charge in [0.1, 0.15) is 23.1 Å². The molecule has 6 heteroatoms. The third kappa shape index (κ3) is 4.27. The van der Waals surface area contributed by atoms with Gasteiger partial charge in [-0.2, -0.15) is 5.26 Å². The molecule has 1 amide bonds. The van der Waals surface area contributed by atoms with Crippen LogP contribution < -0.4 is 15.4 Å². The zero-order valence-electron chi connectivity index (χ0n) is 13.3. The number of hydrogen-bond donors (Lipinski definition) is 3. The van der Waals surface area contributed by atoms with Crippen molar-refractivity contribution in [2.24, 2.45) is 0 Å². The number of rotatable bonds is 5. The van der Waals surface area contributed by atoms with E-state index in [1.165, 1.54) is 12.3 Å². The molecule has 122 valence electrons. The number of carbonyl (C=O) groups excluding carboxylic acids is 1. The summed E-state index contributed by atoms with van der Waals surface area (Å²) in [6.45, 7) is 1.87. The zero-order chi connectivity index (χ0) is 17.5. The Morgan fingerprint density at radius 3 is 2.58 bits per heavy atom. The number of aryl methyl sites for hydroxylation is 1. The maximum absolute atomic E-state index is 12.1. The lowest BCUT2D eigenvalue weighted by molar-refractivity contribution is -0.112. The number of carbonyl (C=O) groups is 1. The number of anilines is 2. The largest absolute Gasteiger partial charge is 0.506 e. The standard InChI is InChI=1S/C18H17N3O3/c1-12-3-8-17(22)16(9-12)20-11-13(10-19)18(23)21-14-4-6-15(24-2)7-5-14/h3-9,11,20,22H,1-2H3,(H,21,23)/b13-11-. The van der Waals surface area contributed by atoms with Gasteiger partial charge in [0.2, 0.25) is 0 Å². The molecule has 0 spiro atoms. The number of phenols is 1. The SMILES string of the molecule is COc1ccc(NC(=O)/C(C#N)=C\Nc2cc(C)ccc2O)cc1. The van der Waals surface area contributed by atoms with Gasteiger partial charge in [0.15, 0.2) is 0 Å². The second-order valence-electron chi connectivity index (χ2n) is 5.02. The highest BCUT2D eigenvalue weighted by Crippen LogP contribution is 2.24. The predicted octanol–water partition coefficient (Wildman–Crippen LogP) is 3.17. The molecule has 0 saturated carbocycles. The number of aromatic hydroxyl groups is 1. The molecule has 0 fully saturated rings. The van der Waals surface area contributed by atoms with Crippen molar-refractivity contribution >= 4 is 17.3 Å². The Labute approximate surface area is 140 Å². The van der Waals surface area contributed by atoms with Crippen molar-refractivity contribution in [2.45, 2.75) is 6.92 Å². The Morgan fingerprint density at radius 1 is 1.25 bits per heavy atom. The lowest BCUT2D eigenvalue weighted by Crippen LogP contribution is -2.14. The summed E-state index contributed by atoms with van der Waals surface area (Å²) < 4.78 is 5.04. The van der Waals surface area contributed by atoms with Crippen LogP contribution in [0, 0.1) is 18.3 Å². The Morgan fingerprint density at radius 2 is 1.96 bits per heavy atom. The summed E-state index contributed by atoms with van der Waals surface area (Å²) >= 11 is 0. The fourth-order valence-corrected chi connectivity index (χ4v) is 1.94. The average Bonchev–Trinajstić information content (AvgIpc) is 2.59. The predicted molar refractivity (Wildman–Crippen MR) is 91.8 cm³/mol. The van der Waals surface area contributed by atoms with Gasteiger partial charge in [-0.3, -0.25) is 4.79 Å². The molecule has 0 aromatic heterocycles. The maximum Gasteiger partial charge on any atom is 0.267 e. The van der Waals surface area contributed by atoms with Crippen LogP contribution >= 0.6 is 0 Å². The Kier molecular flexibility index (Phi) is 5.42. The number of hydrogen-bond acceptors (Lipinski definition) is 5. The molecule has 0 unspecified atom stereocenters. The normalized spacial score (nSPS) is 10.6. The van der Waals surface area contributed by atoms with Crippen molar-refractivity contribution in [3.8, 4) is 17.6 Å². The van der Waals surface area contributed by atoms with Crippen molar-refractivity contribution < 1.29 is 14.6 Å². The first-order chi connectivity index (χ1) is 11.5. The number of phenolic OH excluding ortho intramolecular Hbond substituents is 1. The molecule has 0 atom stereocenters. The number of nitrogens with zero attached hydrogens (tertiary/aromatic N) is 1. The molecule has 0 heterocycles. The molecule has 6 nitrogen and oxygen atoms in total. The van der Waals surface area contributed by atoms with Crippen LogP contribution in [-0.2, 0) is 4.79 Å². The molecule has 2 rings (SSSR count). The van der Waals surface area contributed by atoms with Crippen LogP contribution in [-0.4, -0.2) is 18.1 Å². The van der Waals surface area contributed by atoms with Crippen molar-refractivity contribution in [3.63, 3.8) is 0 Å². The summed E-state index contributed by atoms with van der Waals surface area (Å²) in [5.41, 5.74) is 1.77. The van der Waals surface area contributed by atoms with Gasteiger partial charge in [-0.15, -0.1) is 0 Å². The highest BCUT2D eigenvalue weighted by molar-refractivity contribution is 6.06. The molecule has 0 aliphatic rings. The van der Waals surface area contributed by atoms with E-state index in [0.29, 0.717) is 17.1 Å². The summed E-state index contributed by atoms with van der Waals surface area (Å²) in [5.74, 6) is 0.146. The lowest BCUT2D eigenvalue weighted by atomic mass is 10.2. The van der Waals surface area contributed by atoms with Gasteiger partial charge in [0.05, 0.1) is 12.8 Å². The van der Waals surface area contributed by atoms with Crippen LogP contribution in [0.2, 0.25) is 0 Å². The Hall–Kier alpha value is -3.46. The molecule has 3 N–H and O–H groups in total. The first kappa shape index (κ1) is 16.9. The molecule has 0 aliphatic carbocycles. The number of nitriles is 1. The number of methoxy groups -OCH3 is 1. The van der Waals surface area contributed by atoms with Crippen LogP contribution in [0.25, 0.3) is 0 Å². The minimum Gasteiger partial charge on any atom is -0.506 e. The molecule has 2 aromatic rings. The first-order valence-corrected chi connectivity index (χ1v) is 7.15. The van der Waals surface area contributed by atoms with Crippen LogP contribution in [0.5, 0.6) is 11.5 Å². The number of benzene rings is 2. The van der Waals surface area contributed by atoms with Crippen LogP contribution in [0.1, 0.15) is 5.56 Å². The molecule has 24 heavy (non-hydrogen) atoms. The van der Waals surface area contributed by atoms with E-state index in [9.17, 15) is 9.90 Å². The van der Waals surface area contributed by atoms with E-state index in [1.807, 2.05) is 13.0 Å². The molecular formula is C18H17N3O3. The zero-order valence-corrected chi connectivity index (χ0v) is 13.3. The van der Waals surface area contributed by atoms with Crippen molar-refractivity contribution in [2.75, 3.05) is 17.7 Å².